The van der Waals surface area contributed by atoms with Gasteiger partial charge in [0.15, 0.2) is 0 Å². The molecule has 6 nitrogen and oxygen atoms in total. The molecule has 3 N–H and O–H groups in total. The number of aromatic nitrogens is 6. The van der Waals surface area contributed by atoms with E-state index >= 15 is 0 Å². The quantitative estimate of drug-likeness (QED) is 0.465. The van der Waals surface area contributed by atoms with Gasteiger partial charge in [0.2, 0.25) is 0 Å². The Morgan fingerprint density at radius 1 is 0.594 bits per heavy atom. The Labute approximate surface area is 201 Å². The van der Waals surface area contributed by atoms with E-state index in [1.807, 2.05) is 18.2 Å². The van der Waals surface area contributed by atoms with Gasteiger partial charge in [0, 0.05) is 35.4 Å². The fraction of sp³-hybridized carbons (Fsp3) is 0.625. The smallest absolute Gasteiger partial charge is 0.286 e. The first kappa shape index (κ1) is 26.7. The van der Waals surface area contributed by atoms with E-state index in [9.17, 15) is 0 Å². The number of hydrogen-bond donors (Lipinski definition) is 3. The molecule has 32 heavy (non-hydrogen) atoms. The number of rotatable bonds is 6. The van der Waals surface area contributed by atoms with Crippen LogP contribution in [0.1, 0.15) is 62.3 Å². The van der Waals surface area contributed by atoms with Crippen molar-refractivity contribution < 1.29 is 17.9 Å². The van der Waals surface area contributed by atoms with Crippen LogP contribution in [0.3, 0.4) is 0 Å². The van der Waals surface area contributed by atoms with Gasteiger partial charge in [-0.3, -0.25) is 15.3 Å². The van der Waals surface area contributed by atoms with Gasteiger partial charge in [-0.2, -0.15) is 15.3 Å². The summed E-state index contributed by atoms with van der Waals surface area (Å²) in [5, 5.41) is 21.0. The van der Waals surface area contributed by atoms with Gasteiger partial charge in [0.25, 0.3) is 0 Å². The summed E-state index contributed by atoms with van der Waals surface area (Å²) in [6.07, 6.45) is 5.38. The molecule has 0 saturated heterocycles. The molecule has 3 rings (SSSR count). The van der Waals surface area contributed by atoms with Gasteiger partial charge < -0.3 is 0 Å². The summed E-state index contributed by atoms with van der Waals surface area (Å²) < 4.78 is 4.55. The van der Waals surface area contributed by atoms with Crippen molar-refractivity contribution in [3.63, 3.8) is 0 Å². The van der Waals surface area contributed by atoms with Crippen molar-refractivity contribution in [3.8, 4) is 0 Å². The van der Waals surface area contributed by atoms with E-state index in [1.54, 1.807) is 18.6 Å². The average molecular weight is 473 g/mol. The maximum atomic E-state index is 4.20. The average Bonchev–Trinajstić information content (AvgIpc) is 3.36. The first-order valence-electron chi connectivity index (χ1n) is 11.6. The Kier molecular flexibility index (Phi) is 9.18. The van der Waals surface area contributed by atoms with Crippen molar-refractivity contribution in [2.24, 2.45) is 16.2 Å². The van der Waals surface area contributed by atoms with Gasteiger partial charge in [-0.05, 0) is 18.2 Å². The summed E-state index contributed by atoms with van der Waals surface area (Å²) in [6, 6.07) is 5.77. The molecule has 3 aromatic heterocycles. The maximum absolute atomic E-state index is 4.20. The van der Waals surface area contributed by atoms with Crippen LogP contribution in [-0.4, -0.2) is 37.3 Å². The largest absolute Gasteiger partial charge is 0.317 e. The molecule has 0 atom stereocenters. The van der Waals surface area contributed by atoms with Crippen LogP contribution in [0.2, 0.25) is 14.2 Å². The Hall–Kier alpha value is -1.59. The number of nitrogens with zero attached hydrogens (tertiary/aromatic N) is 3. The van der Waals surface area contributed by atoms with E-state index in [0.29, 0.717) is 16.2 Å². The van der Waals surface area contributed by atoms with Crippen LogP contribution in [0.5, 0.6) is 0 Å². The van der Waals surface area contributed by atoms with Gasteiger partial charge in [0.1, 0.15) is 0 Å². The maximum Gasteiger partial charge on any atom is 0.317 e. The summed E-state index contributed by atoms with van der Waals surface area (Å²) in [5.74, 6) is 0. The molecule has 0 aromatic carbocycles. The van der Waals surface area contributed by atoms with Crippen molar-refractivity contribution in [2.75, 3.05) is 0 Å². The number of H-pyrrole nitrogens is 3. The standard InChI is InChI=1S/C9H9BN6.3C5H11.Ti/c1-4-11-14-7(1)10(8-2-5-12-15-8)9-3-6-13-16-9;3*1-5(2,3)4;/h1-6H,(H,11,14)(H,12,15)(H,13,16);3*1H2,2-4H3;. The van der Waals surface area contributed by atoms with Crippen LogP contribution in [0, 0.1) is 16.2 Å². The zero-order chi connectivity index (χ0) is 24.0. The van der Waals surface area contributed by atoms with Crippen LogP contribution in [0.25, 0.3) is 0 Å². The molecule has 0 saturated carbocycles. The molecule has 175 valence electrons. The van der Waals surface area contributed by atoms with Crippen molar-refractivity contribution in [3.05, 3.63) is 36.8 Å². The van der Waals surface area contributed by atoms with Gasteiger partial charge in [-0.25, -0.2) is 0 Å². The van der Waals surface area contributed by atoms with Crippen LogP contribution >= 0.6 is 0 Å². The minimum atomic E-state index is -0.903. The Morgan fingerprint density at radius 3 is 1.06 bits per heavy atom. The van der Waals surface area contributed by atoms with E-state index in [2.05, 4.69) is 92.9 Å². The van der Waals surface area contributed by atoms with Crippen molar-refractivity contribution in [1.29, 1.82) is 0 Å². The molecule has 0 aliphatic carbocycles. The van der Waals surface area contributed by atoms with Gasteiger partial charge in [-0.15, -0.1) is 0 Å². The third-order valence-electron chi connectivity index (χ3n) is 4.80. The molecule has 3 heterocycles. The minimum absolute atomic E-state index is 0.0382. The second-order valence-electron chi connectivity index (χ2n) is 12.4. The van der Waals surface area contributed by atoms with Crippen LogP contribution in [0.15, 0.2) is 36.8 Å². The molecule has 0 amide bonds. The number of nitrogens with one attached hydrogen (secondary N) is 3. The van der Waals surface area contributed by atoms with E-state index in [1.165, 1.54) is 14.2 Å². The molecule has 0 bridgehead atoms. The van der Waals surface area contributed by atoms with E-state index in [4.69, 9.17) is 0 Å². The molecule has 0 fully saturated rings. The van der Waals surface area contributed by atoms with Crippen molar-refractivity contribution in [1.82, 2.24) is 30.6 Å². The summed E-state index contributed by atoms with van der Waals surface area (Å²) >= 11 is -0.903. The molecule has 0 spiro atoms. The van der Waals surface area contributed by atoms with Crippen LogP contribution < -0.4 is 16.8 Å². The van der Waals surface area contributed by atoms with Crippen LogP contribution in [-0.2, 0) is 17.9 Å². The predicted octanol–water partition coefficient (Wildman–Crippen LogP) is 4.37. The fourth-order valence-corrected chi connectivity index (χ4v) is 11.8. The number of aromatic amines is 3. The fourth-order valence-electron chi connectivity index (χ4n) is 4.19. The Balaban J connectivity index is 0.000000227. The normalized spacial score (nSPS) is 12.3. The van der Waals surface area contributed by atoms with Crippen molar-refractivity contribution in [2.45, 2.75) is 76.5 Å². The van der Waals surface area contributed by atoms with Crippen LogP contribution in [0.4, 0.5) is 0 Å². The SMILES string of the molecule is CC(C)(C)[CH2][Ti]([CH2]C(C)(C)C)[CH2]C(C)(C)C.c1cc(B(c2cc[nH]n2)c2cc[nH]n2)n[nH]1. The first-order valence-corrected chi connectivity index (χ1v) is 14.9. The molecule has 0 radical (unpaired) electrons. The van der Waals surface area contributed by atoms with Gasteiger partial charge >= 0.3 is 117 Å². The molecule has 0 unspecified atom stereocenters. The molecular formula is C24H42BN6Ti. The molecule has 0 aliphatic heterocycles. The summed E-state index contributed by atoms with van der Waals surface area (Å²) in [6.45, 7) is 21.6. The first-order chi connectivity index (χ1) is 14.7. The third-order valence-corrected chi connectivity index (χ3v) is 12.1. The summed E-state index contributed by atoms with van der Waals surface area (Å²) in [7, 11) is 0. The van der Waals surface area contributed by atoms with E-state index in [-0.39, 0.29) is 6.71 Å². The second-order valence-corrected chi connectivity index (χ2v) is 16.4. The van der Waals surface area contributed by atoms with Gasteiger partial charge in [-0.1, -0.05) is 0 Å². The van der Waals surface area contributed by atoms with E-state index in [0.717, 1.165) is 16.8 Å². The topological polar surface area (TPSA) is 86.0 Å². The minimum Gasteiger partial charge on any atom is -0.286 e. The zero-order valence-corrected chi connectivity index (χ0v) is 23.1. The molecule has 8 heteroatoms. The number of hydrogen-bond acceptors (Lipinski definition) is 3. The summed E-state index contributed by atoms with van der Waals surface area (Å²) in [5.41, 5.74) is 4.31. The summed E-state index contributed by atoms with van der Waals surface area (Å²) in [4.78, 5) is 0. The molecule has 3 aromatic rings. The molecular weight excluding hydrogens is 431 g/mol. The van der Waals surface area contributed by atoms with Crippen molar-refractivity contribution >= 4 is 23.5 Å². The Bertz CT molecular complexity index is 749. The Morgan fingerprint density at radius 2 is 0.875 bits per heavy atom. The van der Waals surface area contributed by atoms with E-state index < -0.39 is 17.9 Å². The third kappa shape index (κ3) is 9.91. The monoisotopic (exact) mass is 473 g/mol. The second kappa shape index (κ2) is 11.0. The van der Waals surface area contributed by atoms with Gasteiger partial charge in [0.05, 0.1) is 0 Å². The zero-order valence-electron chi connectivity index (χ0n) is 21.5. The molecule has 0 aliphatic rings. The predicted molar refractivity (Wildman–Crippen MR) is 133 cm³/mol.